The van der Waals surface area contributed by atoms with E-state index in [1.165, 1.54) is 88.8 Å². The minimum atomic E-state index is 0.0273. The van der Waals surface area contributed by atoms with Crippen molar-refractivity contribution in [2.75, 3.05) is 18.5 Å². The van der Waals surface area contributed by atoms with Crippen molar-refractivity contribution >= 4 is 15.9 Å². The van der Waals surface area contributed by atoms with Gasteiger partial charge in [-0.1, -0.05) is 86.6 Å². The first-order valence-electron chi connectivity index (χ1n) is 10.1. The molecule has 0 aromatic heterocycles. The Balaban J connectivity index is 3.15. The topological polar surface area (TPSA) is 18.5 Å². The molecule has 0 aliphatic rings. The Morgan fingerprint density at radius 1 is 0.565 bits per heavy atom. The van der Waals surface area contributed by atoms with Gasteiger partial charge >= 0.3 is 0 Å². The molecule has 0 atom stereocenters. The third-order valence-corrected chi connectivity index (χ3v) is 4.84. The van der Waals surface area contributed by atoms with Gasteiger partial charge in [0.2, 0.25) is 0 Å². The van der Waals surface area contributed by atoms with E-state index in [1.807, 2.05) is 13.8 Å². The summed E-state index contributed by atoms with van der Waals surface area (Å²) in [6, 6.07) is 0. The summed E-state index contributed by atoms with van der Waals surface area (Å²) in [6.07, 6.45) is 19.2. The molecule has 0 rings (SSSR count). The fourth-order valence-electron chi connectivity index (χ4n) is 2.94. The lowest BCUT2D eigenvalue weighted by molar-refractivity contribution is -0.140. The van der Waals surface area contributed by atoms with Crippen LogP contribution in [0.1, 0.15) is 104 Å². The van der Waals surface area contributed by atoms with E-state index >= 15 is 0 Å². The summed E-state index contributed by atoms with van der Waals surface area (Å²) < 4.78 is 11.1. The van der Waals surface area contributed by atoms with E-state index in [2.05, 4.69) is 15.9 Å². The van der Waals surface area contributed by atoms with E-state index in [-0.39, 0.29) is 6.29 Å². The third kappa shape index (κ3) is 18.6. The van der Waals surface area contributed by atoms with Gasteiger partial charge in [0.05, 0.1) is 0 Å². The summed E-state index contributed by atoms with van der Waals surface area (Å²) in [5.74, 6) is 0. The smallest absolute Gasteiger partial charge is 0.157 e. The number of hydrogen-bond acceptors (Lipinski definition) is 2. The van der Waals surface area contributed by atoms with Gasteiger partial charge in [0, 0.05) is 18.5 Å². The monoisotopic (exact) mass is 392 g/mol. The lowest BCUT2D eigenvalue weighted by Crippen LogP contribution is -2.17. The van der Waals surface area contributed by atoms with Crippen molar-refractivity contribution in [2.45, 2.75) is 110 Å². The third-order valence-electron chi connectivity index (χ3n) is 4.28. The largest absolute Gasteiger partial charge is 0.353 e. The predicted octanol–water partition coefficient (Wildman–Crippen LogP) is 7.24. The maximum atomic E-state index is 5.57. The van der Waals surface area contributed by atoms with Crippen LogP contribution in [0.4, 0.5) is 0 Å². The van der Waals surface area contributed by atoms with Crippen LogP contribution in [0, 0.1) is 0 Å². The Labute approximate surface area is 154 Å². The van der Waals surface area contributed by atoms with E-state index in [0.717, 1.165) is 19.6 Å². The molecule has 23 heavy (non-hydrogen) atoms. The molecule has 0 saturated carbocycles. The van der Waals surface area contributed by atoms with E-state index in [9.17, 15) is 0 Å². The molecule has 0 bridgehead atoms. The Morgan fingerprint density at radius 2 is 0.913 bits per heavy atom. The van der Waals surface area contributed by atoms with Gasteiger partial charge < -0.3 is 9.47 Å². The number of hydrogen-bond donors (Lipinski definition) is 0. The fourth-order valence-corrected chi connectivity index (χ4v) is 3.33. The van der Waals surface area contributed by atoms with Crippen LogP contribution < -0.4 is 0 Å². The predicted molar refractivity (Wildman–Crippen MR) is 105 cm³/mol. The zero-order valence-corrected chi connectivity index (χ0v) is 17.4. The number of ether oxygens (including phenoxy) is 2. The molecule has 0 spiro atoms. The van der Waals surface area contributed by atoms with E-state index < -0.39 is 0 Å². The summed E-state index contributed by atoms with van der Waals surface area (Å²) in [5, 5.41) is 1.17. The van der Waals surface area contributed by atoms with Gasteiger partial charge in [-0.2, -0.15) is 0 Å². The van der Waals surface area contributed by atoms with Gasteiger partial charge in [-0.3, -0.25) is 0 Å². The van der Waals surface area contributed by atoms with Crippen LogP contribution in [0.2, 0.25) is 0 Å². The lowest BCUT2D eigenvalue weighted by atomic mass is 10.0. The highest BCUT2D eigenvalue weighted by Gasteiger charge is 2.06. The number of alkyl halides is 1. The standard InChI is InChI=1S/C20H41BrO2/c1-3-22-20(23-4-2)18-16-14-12-10-8-6-5-7-9-11-13-15-17-19-21/h20H,3-19H2,1-2H3. The molecule has 0 unspecified atom stereocenters. The minimum Gasteiger partial charge on any atom is -0.353 e. The quantitative estimate of drug-likeness (QED) is 0.131. The number of unbranched alkanes of at least 4 members (excludes halogenated alkanes) is 12. The Hall–Kier alpha value is 0.400. The molecular weight excluding hydrogens is 352 g/mol. The molecule has 0 amide bonds. The Bertz CT molecular complexity index is 206. The average molecular weight is 393 g/mol. The molecule has 0 fully saturated rings. The zero-order valence-electron chi connectivity index (χ0n) is 15.8. The summed E-state index contributed by atoms with van der Waals surface area (Å²) in [6.45, 7) is 5.58. The van der Waals surface area contributed by atoms with Crippen molar-refractivity contribution in [3.8, 4) is 0 Å². The molecule has 2 nitrogen and oxygen atoms in total. The molecule has 0 aromatic carbocycles. The molecular formula is C20H41BrO2. The van der Waals surface area contributed by atoms with Crippen molar-refractivity contribution in [2.24, 2.45) is 0 Å². The number of rotatable bonds is 19. The molecule has 0 heterocycles. The van der Waals surface area contributed by atoms with Gasteiger partial charge in [0.25, 0.3) is 0 Å². The summed E-state index contributed by atoms with van der Waals surface area (Å²) in [5.41, 5.74) is 0. The maximum Gasteiger partial charge on any atom is 0.157 e. The summed E-state index contributed by atoms with van der Waals surface area (Å²) >= 11 is 3.49. The van der Waals surface area contributed by atoms with Crippen LogP contribution in [-0.4, -0.2) is 24.8 Å². The second kappa shape index (κ2) is 20.4. The van der Waals surface area contributed by atoms with Crippen molar-refractivity contribution in [3.63, 3.8) is 0 Å². The maximum absolute atomic E-state index is 5.57. The lowest BCUT2D eigenvalue weighted by Gasteiger charge is -2.16. The van der Waals surface area contributed by atoms with Crippen LogP contribution >= 0.6 is 15.9 Å². The molecule has 0 aromatic rings. The summed E-state index contributed by atoms with van der Waals surface area (Å²) in [7, 11) is 0. The first-order chi connectivity index (χ1) is 11.3. The van der Waals surface area contributed by atoms with Crippen molar-refractivity contribution < 1.29 is 9.47 Å². The second-order valence-electron chi connectivity index (χ2n) is 6.41. The van der Waals surface area contributed by atoms with Crippen molar-refractivity contribution in [1.82, 2.24) is 0 Å². The average Bonchev–Trinajstić information content (AvgIpc) is 2.55. The first-order valence-corrected chi connectivity index (χ1v) is 11.3. The SMILES string of the molecule is CCOC(CCCCCCCCCCCCCCCBr)OCC. The Morgan fingerprint density at radius 3 is 1.26 bits per heavy atom. The van der Waals surface area contributed by atoms with Gasteiger partial charge in [-0.05, 0) is 33.1 Å². The van der Waals surface area contributed by atoms with Gasteiger partial charge in [-0.15, -0.1) is 0 Å². The highest BCUT2D eigenvalue weighted by Crippen LogP contribution is 2.14. The molecule has 140 valence electrons. The highest BCUT2D eigenvalue weighted by molar-refractivity contribution is 9.09. The van der Waals surface area contributed by atoms with Gasteiger partial charge in [-0.25, -0.2) is 0 Å². The normalized spacial score (nSPS) is 11.5. The Kier molecular flexibility index (Phi) is 20.8. The minimum absolute atomic E-state index is 0.0273. The first kappa shape index (κ1) is 23.4. The number of halogens is 1. The van der Waals surface area contributed by atoms with E-state index in [0.29, 0.717) is 0 Å². The molecule has 0 aliphatic heterocycles. The molecule has 0 aliphatic carbocycles. The molecule has 0 saturated heterocycles. The molecule has 0 N–H and O–H groups in total. The van der Waals surface area contributed by atoms with E-state index in [1.54, 1.807) is 0 Å². The zero-order chi connectivity index (χ0) is 17.0. The molecule has 3 heteroatoms. The highest BCUT2D eigenvalue weighted by atomic mass is 79.9. The van der Waals surface area contributed by atoms with E-state index in [4.69, 9.17) is 9.47 Å². The van der Waals surface area contributed by atoms with Crippen LogP contribution in [0.5, 0.6) is 0 Å². The van der Waals surface area contributed by atoms with Gasteiger partial charge in [0.1, 0.15) is 0 Å². The van der Waals surface area contributed by atoms with Crippen molar-refractivity contribution in [1.29, 1.82) is 0 Å². The van der Waals surface area contributed by atoms with Crippen LogP contribution in [0.25, 0.3) is 0 Å². The van der Waals surface area contributed by atoms with Gasteiger partial charge in [0.15, 0.2) is 6.29 Å². The van der Waals surface area contributed by atoms with Crippen LogP contribution in [0.15, 0.2) is 0 Å². The van der Waals surface area contributed by atoms with Crippen molar-refractivity contribution in [3.05, 3.63) is 0 Å². The van der Waals surface area contributed by atoms with Crippen LogP contribution in [0.3, 0.4) is 0 Å². The molecule has 0 radical (unpaired) electrons. The fraction of sp³-hybridized carbons (Fsp3) is 1.00. The summed E-state index contributed by atoms with van der Waals surface area (Å²) in [4.78, 5) is 0. The second-order valence-corrected chi connectivity index (χ2v) is 7.21. The van der Waals surface area contributed by atoms with Crippen LogP contribution in [-0.2, 0) is 9.47 Å².